The highest BCUT2D eigenvalue weighted by Crippen LogP contribution is 2.19. The van der Waals surface area contributed by atoms with Gasteiger partial charge in [-0.15, -0.1) is 0 Å². The van der Waals surface area contributed by atoms with E-state index in [1.165, 1.54) is 6.42 Å². The largest absolute Gasteiger partial charge is 0.310 e. The Labute approximate surface area is 135 Å². The van der Waals surface area contributed by atoms with E-state index in [1.54, 1.807) is 6.20 Å². The Balaban J connectivity index is 1.85. The first-order chi connectivity index (χ1) is 10.0. The first-order valence-electron chi connectivity index (χ1n) is 7.69. The highest BCUT2D eigenvalue weighted by molar-refractivity contribution is 9.10. The van der Waals surface area contributed by atoms with Crippen molar-refractivity contribution in [3.05, 3.63) is 22.8 Å². The number of rotatable bonds is 5. The van der Waals surface area contributed by atoms with Crippen LogP contribution < -0.4 is 5.32 Å². The van der Waals surface area contributed by atoms with E-state index in [4.69, 9.17) is 0 Å². The quantitative estimate of drug-likeness (QED) is 0.880. The molecule has 0 saturated carbocycles. The average molecular weight is 354 g/mol. The summed E-state index contributed by atoms with van der Waals surface area (Å²) in [4.78, 5) is 19.0. The van der Waals surface area contributed by atoms with E-state index in [9.17, 15) is 4.79 Å². The van der Waals surface area contributed by atoms with Crippen LogP contribution in [0.15, 0.2) is 22.8 Å². The zero-order valence-electron chi connectivity index (χ0n) is 12.8. The fourth-order valence-electron chi connectivity index (χ4n) is 2.59. The number of nitrogens with zero attached hydrogens (tertiary/aromatic N) is 2. The van der Waals surface area contributed by atoms with Crippen LogP contribution in [0, 0.1) is 11.8 Å². The molecule has 0 aliphatic carbocycles. The van der Waals surface area contributed by atoms with Gasteiger partial charge in [-0.3, -0.25) is 4.79 Å². The van der Waals surface area contributed by atoms with E-state index in [0.717, 1.165) is 36.9 Å². The fraction of sp³-hybridized carbons (Fsp3) is 0.625. The van der Waals surface area contributed by atoms with E-state index in [1.807, 2.05) is 12.1 Å². The molecule has 1 aliphatic heterocycles. The van der Waals surface area contributed by atoms with Crippen molar-refractivity contribution in [2.45, 2.75) is 33.1 Å². The number of piperidine rings is 1. The van der Waals surface area contributed by atoms with Gasteiger partial charge < -0.3 is 10.2 Å². The molecular weight excluding hydrogens is 330 g/mol. The Bertz CT molecular complexity index is 461. The number of carbonyl (C=O) groups excluding carboxylic acids is 1. The van der Waals surface area contributed by atoms with Crippen molar-refractivity contribution in [1.29, 1.82) is 0 Å². The Morgan fingerprint density at radius 2 is 2.33 bits per heavy atom. The summed E-state index contributed by atoms with van der Waals surface area (Å²) in [6, 6.07) is 3.71. The Morgan fingerprint density at radius 1 is 1.52 bits per heavy atom. The topological polar surface area (TPSA) is 45.2 Å². The van der Waals surface area contributed by atoms with Crippen molar-refractivity contribution in [2.24, 2.45) is 11.8 Å². The third-order valence-corrected chi connectivity index (χ3v) is 4.35. The Hall–Kier alpha value is -0.940. The highest BCUT2D eigenvalue weighted by Gasteiger charge is 2.25. The van der Waals surface area contributed by atoms with Gasteiger partial charge in [-0.2, -0.15) is 0 Å². The summed E-state index contributed by atoms with van der Waals surface area (Å²) in [5, 5.41) is 2.93. The van der Waals surface area contributed by atoms with Gasteiger partial charge in [0.25, 0.3) is 0 Å². The minimum Gasteiger partial charge on any atom is -0.310 e. The molecule has 0 aromatic carbocycles. The van der Waals surface area contributed by atoms with Crippen LogP contribution in [0.1, 0.15) is 33.1 Å². The smallest absolute Gasteiger partial charge is 0.229 e. The average Bonchev–Trinajstić information content (AvgIpc) is 2.48. The Kier molecular flexibility index (Phi) is 6.18. The summed E-state index contributed by atoms with van der Waals surface area (Å²) in [6.45, 7) is 7.57. The van der Waals surface area contributed by atoms with Crippen LogP contribution in [0.3, 0.4) is 0 Å². The second kappa shape index (κ2) is 7.90. The summed E-state index contributed by atoms with van der Waals surface area (Å²) < 4.78 is 0.915. The number of pyridine rings is 1. The molecule has 0 spiro atoms. The molecule has 1 saturated heterocycles. The van der Waals surface area contributed by atoms with E-state index < -0.39 is 0 Å². The molecule has 1 amide bonds. The van der Waals surface area contributed by atoms with Gasteiger partial charge in [0.15, 0.2) is 0 Å². The van der Waals surface area contributed by atoms with Crippen molar-refractivity contribution in [3.63, 3.8) is 0 Å². The first-order valence-corrected chi connectivity index (χ1v) is 8.48. The van der Waals surface area contributed by atoms with Crippen LogP contribution in [-0.2, 0) is 4.79 Å². The molecule has 116 valence electrons. The second-order valence-electron chi connectivity index (χ2n) is 6.17. The molecule has 1 unspecified atom stereocenters. The number of hydrogen-bond donors (Lipinski definition) is 1. The lowest BCUT2D eigenvalue weighted by Crippen LogP contribution is -2.41. The standard InChI is InChI=1S/C16H24BrN3O/c1-12(2)7-9-20-8-3-4-13(11-20)16(21)19-15-6-5-14(17)10-18-15/h5-6,10,12-13H,3-4,7-9,11H2,1-2H3,(H,18,19,21). The number of halogens is 1. The van der Waals surface area contributed by atoms with Gasteiger partial charge in [0.2, 0.25) is 5.91 Å². The molecule has 21 heavy (non-hydrogen) atoms. The molecule has 1 atom stereocenters. The molecule has 5 heteroatoms. The zero-order valence-corrected chi connectivity index (χ0v) is 14.4. The third-order valence-electron chi connectivity index (χ3n) is 3.88. The van der Waals surface area contributed by atoms with E-state index in [2.05, 4.69) is 45.0 Å². The van der Waals surface area contributed by atoms with Crippen LogP contribution in [0.2, 0.25) is 0 Å². The van der Waals surface area contributed by atoms with Gasteiger partial charge in [-0.25, -0.2) is 4.98 Å². The molecule has 4 nitrogen and oxygen atoms in total. The number of hydrogen-bond acceptors (Lipinski definition) is 3. The van der Waals surface area contributed by atoms with Crippen molar-refractivity contribution >= 4 is 27.7 Å². The van der Waals surface area contributed by atoms with Gasteiger partial charge >= 0.3 is 0 Å². The number of nitrogens with one attached hydrogen (secondary N) is 1. The Morgan fingerprint density at radius 3 is 3.00 bits per heavy atom. The SMILES string of the molecule is CC(C)CCN1CCCC(C(=O)Nc2ccc(Br)cn2)C1. The van der Waals surface area contributed by atoms with Crippen molar-refractivity contribution in [1.82, 2.24) is 9.88 Å². The number of anilines is 1. The normalized spacial score (nSPS) is 19.7. The van der Waals surface area contributed by atoms with Crippen molar-refractivity contribution in [3.8, 4) is 0 Å². The highest BCUT2D eigenvalue weighted by atomic mass is 79.9. The molecule has 0 bridgehead atoms. The molecular formula is C16H24BrN3O. The summed E-state index contributed by atoms with van der Waals surface area (Å²) >= 11 is 3.34. The maximum absolute atomic E-state index is 12.3. The third kappa shape index (κ3) is 5.40. The van der Waals surface area contributed by atoms with E-state index in [-0.39, 0.29) is 11.8 Å². The minimum absolute atomic E-state index is 0.0800. The van der Waals surface area contributed by atoms with E-state index in [0.29, 0.717) is 11.7 Å². The maximum atomic E-state index is 12.3. The van der Waals surface area contributed by atoms with Gasteiger partial charge in [0, 0.05) is 17.2 Å². The number of carbonyl (C=O) groups is 1. The van der Waals surface area contributed by atoms with Gasteiger partial charge in [-0.05, 0) is 66.3 Å². The van der Waals surface area contributed by atoms with E-state index >= 15 is 0 Å². The van der Waals surface area contributed by atoms with Crippen LogP contribution in [0.4, 0.5) is 5.82 Å². The summed E-state index contributed by atoms with van der Waals surface area (Å²) in [6.07, 6.45) is 4.97. The summed E-state index contributed by atoms with van der Waals surface area (Å²) in [5.74, 6) is 1.52. The summed E-state index contributed by atoms with van der Waals surface area (Å²) in [7, 11) is 0. The van der Waals surface area contributed by atoms with Crippen LogP contribution in [-0.4, -0.2) is 35.4 Å². The first kappa shape index (κ1) is 16.4. The minimum atomic E-state index is 0.0800. The molecule has 2 heterocycles. The van der Waals surface area contributed by atoms with Crippen molar-refractivity contribution in [2.75, 3.05) is 25.0 Å². The fourth-order valence-corrected chi connectivity index (χ4v) is 2.83. The predicted molar refractivity (Wildman–Crippen MR) is 89.2 cm³/mol. The number of likely N-dealkylation sites (tertiary alicyclic amines) is 1. The van der Waals surface area contributed by atoms with Gasteiger partial charge in [-0.1, -0.05) is 13.8 Å². The molecule has 1 N–H and O–H groups in total. The predicted octanol–water partition coefficient (Wildman–Crippen LogP) is 3.54. The molecule has 1 aromatic rings. The number of aromatic nitrogens is 1. The maximum Gasteiger partial charge on any atom is 0.229 e. The monoisotopic (exact) mass is 353 g/mol. The zero-order chi connectivity index (χ0) is 15.2. The summed E-state index contributed by atoms with van der Waals surface area (Å²) in [5.41, 5.74) is 0. The van der Waals surface area contributed by atoms with Crippen LogP contribution >= 0.6 is 15.9 Å². The molecule has 1 fully saturated rings. The van der Waals surface area contributed by atoms with Gasteiger partial charge in [0.1, 0.15) is 5.82 Å². The van der Waals surface area contributed by atoms with Gasteiger partial charge in [0.05, 0.1) is 5.92 Å². The van der Waals surface area contributed by atoms with Crippen LogP contribution in [0.5, 0.6) is 0 Å². The van der Waals surface area contributed by atoms with Crippen molar-refractivity contribution < 1.29 is 4.79 Å². The second-order valence-corrected chi connectivity index (χ2v) is 7.09. The molecule has 2 rings (SSSR count). The lowest BCUT2D eigenvalue weighted by atomic mass is 9.96. The molecule has 1 aliphatic rings. The molecule has 0 radical (unpaired) electrons. The number of amides is 1. The molecule has 1 aromatic heterocycles. The lowest BCUT2D eigenvalue weighted by molar-refractivity contribution is -0.121. The lowest BCUT2D eigenvalue weighted by Gasteiger charge is -2.32. The van der Waals surface area contributed by atoms with Crippen LogP contribution in [0.25, 0.3) is 0 Å².